The summed E-state index contributed by atoms with van der Waals surface area (Å²) < 4.78 is 33.4. The van der Waals surface area contributed by atoms with Crippen LogP contribution in [0.1, 0.15) is 44.7 Å². The summed E-state index contributed by atoms with van der Waals surface area (Å²) in [5, 5.41) is 0. The molecule has 234 valence electrons. The van der Waals surface area contributed by atoms with Crippen molar-refractivity contribution in [2.24, 2.45) is 5.41 Å². The summed E-state index contributed by atoms with van der Waals surface area (Å²) in [6, 6.07) is 28.8. The van der Waals surface area contributed by atoms with E-state index in [1.54, 1.807) is 17.0 Å². The third-order valence-corrected chi connectivity index (χ3v) is 8.41. The predicted octanol–water partition coefficient (Wildman–Crippen LogP) is 7.88. The number of benzene rings is 3. The zero-order valence-corrected chi connectivity index (χ0v) is 26.2. The third kappa shape index (κ3) is 7.39. The van der Waals surface area contributed by atoms with E-state index in [1.165, 1.54) is 0 Å². The van der Waals surface area contributed by atoms with Gasteiger partial charge in [-0.15, -0.1) is 0 Å². The highest BCUT2D eigenvalue weighted by Crippen LogP contribution is 2.43. The molecular weight excluding hydrogens is 569 g/mol. The van der Waals surface area contributed by atoms with Gasteiger partial charge in [-0.1, -0.05) is 66.7 Å². The molecule has 7 nitrogen and oxygen atoms in total. The molecule has 2 aliphatic heterocycles. The van der Waals surface area contributed by atoms with Crippen molar-refractivity contribution in [2.75, 3.05) is 31.1 Å². The Morgan fingerprint density at radius 2 is 1.47 bits per heavy atom. The minimum atomic E-state index is -0.504. The van der Waals surface area contributed by atoms with E-state index in [1.807, 2.05) is 99.6 Å². The number of anilines is 1. The van der Waals surface area contributed by atoms with E-state index in [0.717, 1.165) is 37.1 Å². The molecule has 0 radical (unpaired) electrons. The van der Waals surface area contributed by atoms with Crippen LogP contribution in [-0.2, 0) is 18.0 Å². The maximum absolute atomic E-state index is 15.7. The second-order valence-corrected chi connectivity index (χ2v) is 13.0. The van der Waals surface area contributed by atoms with E-state index in [9.17, 15) is 4.79 Å². The fourth-order valence-corrected chi connectivity index (χ4v) is 5.98. The SMILES string of the molecule is CC(C)(C)OC(=O)N1CC2(CCN(c3ccc(-c4ccc(OCc5ccccc5)nc4OCc4ccccc4)cc3F)CC2)C1. The minimum Gasteiger partial charge on any atom is -0.473 e. The lowest BCUT2D eigenvalue weighted by atomic mass is 9.72. The smallest absolute Gasteiger partial charge is 0.410 e. The molecular formula is C37H40FN3O4. The standard InChI is InChI=1S/C37H40FN3O4/c1-36(2,3)45-35(42)41-25-37(26-41)18-20-40(21-19-37)32-16-14-29(22-31(32)38)30-15-17-33(43-23-27-10-6-4-7-11-27)39-34(30)44-24-28-12-8-5-9-13-28/h4-17,22H,18-21,23-26H2,1-3H3. The second kappa shape index (κ2) is 12.8. The van der Waals surface area contributed by atoms with Gasteiger partial charge in [-0.3, -0.25) is 0 Å². The summed E-state index contributed by atoms with van der Waals surface area (Å²) in [5.74, 6) is 0.535. The van der Waals surface area contributed by atoms with Crippen LogP contribution in [0.15, 0.2) is 91.0 Å². The fourth-order valence-electron chi connectivity index (χ4n) is 5.98. The van der Waals surface area contributed by atoms with Crippen LogP contribution in [0.4, 0.5) is 14.9 Å². The van der Waals surface area contributed by atoms with Gasteiger partial charge in [-0.25, -0.2) is 9.18 Å². The first kappa shape index (κ1) is 30.4. The first-order valence-corrected chi connectivity index (χ1v) is 15.5. The summed E-state index contributed by atoms with van der Waals surface area (Å²) in [5.41, 5.74) is 3.58. The monoisotopic (exact) mass is 609 g/mol. The van der Waals surface area contributed by atoms with Crippen molar-refractivity contribution in [2.45, 2.75) is 52.4 Å². The lowest BCUT2D eigenvalue weighted by Gasteiger charge is -2.54. The van der Waals surface area contributed by atoms with Gasteiger partial charge >= 0.3 is 6.09 Å². The van der Waals surface area contributed by atoms with Crippen LogP contribution in [-0.4, -0.2) is 47.8 Å². The van der Waals surface area contributed by atoms with Crippen molar-refractivity contribution in [1.29, 1.82) is 0 Å². The number of halogens is 1. The molecule has 4 aromatic rings. The molecule has 2 aliphatic rings. The molecule has 8 heteroatoms. The highest BCUT2D eigenvalue weighted by molar-refractivity contribution is 5.72. The van der Waals surface area contributed by atoms with E-state index in [2.05, 4.69) is 9.88 Å². The summed E-state index contributed by atoms with van der Waals surface area (Å²) in [7, 11) is 0. The normalized spacial score (nSPS) is 15.8. The Balaban J connectivity index is 1.14. The van der Waals surface area contributed by atoms with Gasteiger partial charge in [0.05, 0.1) is 5.69 Å². The molecule has 0 bridgehead atoms. The summed E-state index contributed by atoms with van der Waals surface area (Å²) in [6.45, 7) is 9.20. The molecule has 1 spiro atoms. The van der Waals surface area contributed by atoms with Crippen molar-refractivity contribution >= 4 is 11.8 Å². The van der Waals surface area contributed by atoms with E-state index < -0.39 is 5.60 Å². The number of ether oxygens (including phenoxy) is 3. The number of hydrogen-bond acceptors (Lipinski definition) is 6. The summed E-state index contributed by atoms with van der Waals surface area (Å²) in [4.78, 5) is 21.0. The van der Waals surface area contributed by atoms with Crippen LogP contribution in [0.2, 0.25) is 0 Å². The van der Waals surface area contributed by atoms with Gasteiger partial charge in [0.15, 0.2) is 0 Å². The van der Waals surface area contributed by atoms with Crippen molar-refractivity contribution in [3.63, 3.8) is 0 Å². The number of hydrogen-bond donors (Lipinski definition) is 0. The number of amides is 1. The van der Waals surface area contributed by atoms with Gasteiger partial charge < -0.3 is 24.0 Å². The molecule has 0 aliphatic carbocycles. The number of carbonyl (C=O) groups is 1. The first-order chi connectivity index (χ1) is 21.7. The Kier molecular flexibility index (Phi) is 8.65. The maximum atomic E-state index is 15.7. The van der Waals surface area contributed by atoms with Gasteiger partial charge in [-0.05, 0) is 68.5 Å². The van der Waals surface area contributed by atoms with Gasteiger partial charge in [0.2, 0.25) is 11.8 Å². The van der Waals surface area contributed by atoms with Crippen LogP contribution in [0.5, 0.6) is 11.8 Å². The zero-order valence-electron chi connectivity index (χ0n) is 26.2. The Bertz CT molecular complexity index is 1610. The Hall–Kier alpha value is -4.59. The zero-order chi connectivity index (χ0) is 31.4. The average molecular weight is 610 g/mol. The quantitative estimate of drug-likeness (QED) is 0.203. The Morgan fingerprint density at radius 3 is 2.07 bits per heavy atom. The van der Waals surface area contributed by atoms with Crippen molar-refractivity contribution < 1.29 is 23.4 Å². The van der Waals surface area contributed by atoms with Crippen molar-refractivity contribution in [1.82, 2.24) is 9.88 Å². The highest BCUT2D eigenvalue weighted by atomic mass is 19.1. The number of aromatic nitrogens is 1. The molecule has 3 heterocycles. The lowest BCUT2D eigenvalue weighted by Crippen LogP contribution is -2.62. The number of piperidine rings is 1. The van der Waals surface area contributed by atoms with Gasteiger partial charge in [-0.2, -0.15) is 4.98 Å². The number of rotatable bonds is 8. The molecule has 1 aromatic heterocycles. The van der Waals surface area contributed by atoms with E-state index in [0.29, 0.717) is 54.9 Å². The fraction of sp³-hybridized carbons (Fsp3) is 0.351. The molecule has 0 atom stereocenters. The second-order valence-electron chi connectivity index (χ2n) is 13.0. The van der Waals surface area contributed by atoms with E-state index in [-0.39, 0.29) is 17.3 Å². The molecule has 0 saturated carbocycles. The molecule has 2 saturated heterocycles. The summed E-state index contributed by atoms with van der Waals surface area (Å²) in [6.07, 6.45) is 1.55. The Morgan fingerprint density at radius 1 is 0.844 bits per heavy atom. The molecule has 2 fully saturated rings. The largest absolute Gasteiger partial charge is 0.473 e. The van der Waals surface area contributed by atoms with Gasteiger partial charge in [0.25, 0.3) is 0 Å². The predicted molar refractivity (Wildman–Crippen MR) is 173 cm³/mol. The van der Waals surface area contributed by atoms with Gasteiger partial charge in [0, 0.05) is 43.2 Å². The van der Waals surface area contributed by atoms with Crippen molar-refractivity contribution in [3.8, 4) is 22.9 Å². The maximum Gasteiger partial charge on any atom is 0.410 e. The number of pyridine rings is 1. The summed E-state index contributed by atoms with van der Waals surface area (Å²) >= 11 is 0. The Labute approximate surface area is 264 Å². The number of likely N-dealkylation sites (tertiary alicyclic amines) is 1. The van der Waals surface area contributed by atoms with Crippen LogP contribution in [0.25, 0.3) is 11.1 Å². The average Bonchev–Trinajstić information content (AvgIpc) is 3.02. The topological polar surface area (TPSA) is 64.1 Å². The van der Waals surface area contributed by atoms with Gasteiger partial charge in [0.1, 0.15) is 24.6 Å². The van der Waals surface area contributed by atoms with Crippen LogP contribution in [0.3, 0.4) is 0 Å². The molecule has 45 heavy (non-hydrogen) atoms. The number of carbonyl (C=O) groups excluding carboxylic acids is 1. The van der Waals surface area contributed by atoms with Crippen molar-refractivity contribution in [3.05, 3.63) is 108 Å². The molecule has 3 aromatic carbocycles. The molecule has 0 unspecified atom stereocenters. The molecule has 1 amide bonds. The van der Waals surface area contributed by atoms with E-state index >= 15 is 4.39 Å². The first-order valence-electron chi connectivity index (χ1n) is 15.5. The highest BCUT2D eigenvalue weighted by Gasteiger charge is 2.48. The van der Waals surface area contributed by atoms with Crippen LogP contribution >= 0.6 is 0 Å². The van der Waals surface area contributed by atoms with Crippen LogP contribution < -0.4 is 14.4 Å². The number of nitrogens with zero attached hydrogens (tertiary/aromatic N) is 3. The van der Waals surface area contributed by atoms with Crippen LogP contribution in [0, 0.1) is 11.2 Å². The minimum absolute atomic E-state index is 0.0881. The van der Waals surface area contributed by atoms with E-state index in [4.69, 9.17) is 14.2 Å². The third-order valence-electron chi connectivity index (χ3n) is 8.41. The molecule has 6 rings (SSSR count). The molecule has 0 N–H and O–H groups in total. The lowest BCUT2D eigenvalue weighted by molar-refractivity contribution is -0.0434.